The average molecular weight is 664 g/mol. The first kappa shape index (κ1) is 30.0. The highest BCUT2D eigenvalue weighted by Gasteiger charge is 2.19. The summed E-state index contributed by atoms with van der Waals surface area (Å²) in [4.78, 5) is 2.33. The van der Waals surface area contributed by atoms with Gasteiger partial charge in [-0.1, -0.05) is 146 Å². The quantitative estimate of drug-likeness (QED) is 0.176. The molecular formula is C50H33NO. The van der Waals surface area contributed by atoms with Crippen LogP contribution >= 0.6 is 0 Å². The fraction of sp³-hybridized carbons (Fsp3) is 0. The van der Waals surface area contributed by atoms with E-state index in [1.807, 2.05) is 0 Å². The molecule has 244 valence electrons. The molecule has 2 heteroatoms. The van der Waals surface area contributed by atoms with E-state index in [0.29, 0.717) is 0 Å². The minimum atomic E-state index is 0.874. The van der Waals surface area contributed by atoms with Crippen LogP contribution in [0, 0.1) is 0 Å². The van der Waals surface area contributed by atoms with E-state index in [4.69, 9.17) is 4.42 Å². The summed E-state index contributed by atoms with van der Waals surface area (Å²) in [6.45, 7) is 0. The van der Waals surface area contributed by atoms with Gasteiger partial charge in [-0.25, -0.2) is 0 Å². The number of rotatable bonds is 6. The van der Waals surface area contributed by atoms with Gasteiger partial charge in [0, 0.05) is 33.2 Å². The van der Waals surface area contributed by atoms with Crippen LogP contribution in [0.3, 0.4) is 0 Å². The van der Waals surface area contributed by atoms with Crippen LogP contribution in [0.5, 0.6) is 0 Å². The van der Waals surface area contributed by atoms with Gasteiger partial charge in [0.25, 0.3) is 0 Å². The molecule has 0 amide bonds. The standard InChI is InChI=1S/C50H33NO/c1-3-13-34(14-4-1)37-17-11-18-38(31-37)46-33-48-47-32-41(29-30-49(47)52-50(48)45-23-10-9-22-44(45)46)51(39-19-5-2-6-20-39)40-27-25-36(26-28-40)43-24-12-16-35-15-7-8-21-42(35)43/h1-33H. The SMILES string of the molecule is c1ccc(-c2cccc(-c3cc4c5cc(N(c6ccccc6)c6ccc(-c7cccc8ccccc78)cc6)ccc5oc4c4ccccc34)c2)cc1. The Morgan fingerprint density at radius 1 is 0.308 bits per heavy atom. The molecule has 1 heterocycles. The average Bonchev–Trinajstić information content (AvgIpc) is 3.60. The molecule has 0 aliphatic carbocycles. The van der Waals surface area contributed by atoms with Gasteiger partial charge in [-0.2, -0.15) is 0 Å². The normalized spacial score (nSPS) is 11.5. The molecule has 0 saturated heterocycles. The summed E-state index contributed by atoms with van der Waals surface area (Å²) < 4.78 is 6.68. The van der Waals surface area contributed by atoms with Gasteiger partial charge in [-0.3, -0.25) is 0 Å². The number of anilines is 3. The van der Waals surface area contributed by atoms with E-state index in [1.165, 1.54) is 49.5 Å². The summed E-state index contributed by atoms with van der Waals surface area (Å²) in [6.07, 6.45) is 0. The molecule has 0 spiro atoms. The number of fused-ring (bicyclic) bond motifs is 6. The van der Waals surface area contributed by atoms with Crippen LogP contribution in [0.2, 0.25) is 0 Å². The van der Waals surface area contributed by atoms with Crippen molar-refractivity contribution in [2.24, 2.45) is 0 Å². The van der Waals surface area contributed by atoms with Gasteiger partial charge < -0.3 is 9.32 Å². The van der Waals surface area contributed by atoms with Gasteiger partial charge in [0.2, 0.25) is 0 Å². The largest absolute Gasteiger partial charge is 0.455 e. The monoisotopic (exact) mass is 663 g/mol. The van der Waals surface area contributed by atoms with Crippen LogP contribution in [0.25, 0.3) is 76.9 Å². The van der Waals surface area contributed by atoms with Gasteiger partial charge in [0.15, 0.2) is 0 Å². The zero-order valence-electron chi connectivity index (χ0n) is 28.4. The van der Waals surface area contributed by atoms with Crippen LogP contribution in [0.4, 0.5) is 17.1 Å². The number of hydrogen-bond donors (Lipinski definition) is 0. The third kappa shape index (κ3) is 5.12. The summed E-state index contributed by atoms with van der Waals surface area (Å²) >= 11 is 0. The molecule has 52 heavy (non-hydrogen) atoms. The number of para-hydroxylation sites is 1. The van der Waals surface area contributed by atoms with Gasteiger partial charge >= 0.3 is 0 Å². The lowest BCUT2D eigenvalue weighted by molar-refractivity contribution is 0.672. The van der Waals surface area contributed by atoms with Crippen molar-refractivity contribution in [2.75, 3.05) is 4.90 Å². The van der Waals surface area contributed by atoms with Crippen molar-refractivity contribution >= 4 is 60.5 Å². The van der Waals surface area contributed by atoms with Crippen LogP contribution in [0.1, 0.15) is 0 Å². The van der Waals surface area contributed by atoms with Crippen molar-refractivity contribution in [1.29, 1.82) is 0 Å². The smallest absolute Gasteiger partial charge is 0.143 e. The summed E-state index contributed by atoms with van der Waals surface area (Å²) in [5, 5.41) is 6.99. The molecule has 0 saturated carbocycles. The van der Waals surface area contributed by atoms with Gasteiger partial charge in [-0.05, 0) is 104 Å². The Hall–Kier alpha value is -6.90. The van der Waals surface area contributed by atoms with E-state index >= 15 is 0 Å². The van der Waals surface area contributed by atoms with E-state index in [-0.39, 0.29) is 0 Å². The maximum absolute atomic E-state index is 6.68. The van der Waals surface area contributed by atoms with Crippen LogP contribution in [0.15, 0.2) is 205 Å². The number of furan rings is 1. The Labute approximate surface area is 302 Å². The van der Waals surface area contributed by atoms with E-state index in [2.05, 4.69) is 205 Å². The lowest BCUT2D eigenvalue weighted by Crippen LogP contribution is -2.09. The molecule has 0 bridgehead atoms. The molecule has 2 nitrogen and oxygen atoms in total. The highest BCUT2D eigenvalue weighted by molar-refractivity contribution is 6.19. The molecule has 0 N–H and O–H groups in total. The molecule has 0 fully saturated rings. The van der Waals surface area contributed by atoms with E-state index in [0.717, 1.165) is 44.4 Å². The summed E-state index contributed by atoms with van der Waals surface area (Å²) in [5.74, 6) is 0. The fourth-order valence-electron chi connectivity index (χ4n) is 7.75. The van der Waals surface area contributed by atoms with Crippen molar-refractivity contribution in [3.05, 3.63) is 200 Å². The number of benzene rings is 9. The second-order valence-electron chi connectivity index (χ2n) is 13.3. The van der Waals surface area contributed by atoms with E-state index in [1.54, 1.807) is 0 Å². The molecule has 0 radical (unpaired) electrons. The Kier molecular flexibility index (Phi) is 7.18. The molecule has 1 aromatic heterocycles. The van der Waals surface area contributed by atoms with E-state index in [9.17, 15) is 0 Å². The molecule has 0 atom stereocenters. The first-order valence-corrected chi connectivity index (χ1v) is 17.8. The highest BCUT2D eigenvalue weighted by Crippen LogP contribution is 2.43. The topological polar surface area (TPSA) is 16.4 Å². The third-order valence-electron chi connectivity index (χ3n) is 10.2. The van der Waals surface area contributed by atoms with Crippen LogP contribution in [-0.2, 0) is 0 Å². The summed E-state index contributed by atoms with van der Waals surface area (Å²) in [6, 6.07) is 71.6. The predicted octanol–water partition coefficient (Wildman–Crippen LogP) is 14.4. The molecule has 0 aliphatic rings. The lowest BCUT2D eigenvalue weighted by Gasteiger charge is -2.25. The van der Waals surface area contributed by atoms with Crippen molar-refractivity contribution in [1.82, 2.24) is 0 Å². The first-order chi connectivity index (χ1) is 25.8. The predicted molar refractivity (Wildman–Crippen MR) is 220 cm³/mol. The zero-order valence-corrected chi connectivity index (χ0v) is 28.4. The first-order valence-electron chi connectivity index (χ1n) is 17.8. The molecule has 0 unspecified atom stereocenters. The number of hydrogen-bond acceptors (Lipinski definition) is 2. The van der Waals surface area contributed by atoms with Crippen LogP contribution in [-0.4, -0.2) is 0 Å². The van der Waals surface area contributed by atoms with Crippen molar-refractivity contribution in [3.8, 4) is 33.4 Å². The lowest BCUT2D eigenvalue weighted by atomic mass is 9.93. The second-order valence-corrected chi connectivity index (χ2v) is 13.3. The van der Waals surface area contributed by atoms with Crippen LogP contribution < -0.4 is 4.90 Å². The summed E-state index contributed by atoms with van der Waals surface area (Å²) in [5.41, 5.74) is 12.3. The van der Waals surface area contributed by atoms with Crippen molar-refractivity contribution in [2.45, 2.75) is 0 Å². The van der Waals surface area contributed by atoms with Crippen molar-refractivity contribution < 1.29 is 4.42 Å². The second kappa shape index (κ2) is 12.5. The Bertz CT molecular complexity index is 2880. The third-order valence-corrected chi connectivity index (χ3v) is 10.2. The highest BCUT2D eigenvalue weighted by atomic mass is 16.3. The molecule has 10 aromatic rings. The van der Waals surface area contributed by atoms with Crippen molar-refractivity contribution in [3.63, 3.8) is 0 Å². The Morgan fingerprint density at radius 3 is 1.75 bits per heavy atom. The molecule has 9 aromatic carbocycles. The van der Waals surface area contributed by atoms with Gasteiger partial charge in [0.1, 0.15) is 11.2 Å². The maximum Gasteiger partial charge on any atom is 0.143 e. The molecule has 10 rings (SSSR count). The number of nitrogens with zero attached hydrogens (tertiary/aromatic N) is 1. The van der Waals surface area contributed by atoms with Gasteiger partial charge in [0.05, 0.1) is 0 Å². The van der Waals surface area contributed by atoms with E-state index < -0.39 is 0 Å². The molecule has 0 aliphatic heterocycles. The fourth-order valence-corrected chi connectivity index (χ4v) is 7.75. The maximum atomic E-state index is 6.68. The minimum Gasteiger partial charge on any atom is -0.455 e. The Morgan fingerprint density at radius 2 is 0.923 bits per heavy atom. The summed E-state index contributed by atoms with van der Waals surface area (Å²) in [7, 11) is 0. The zero-order chi connectivity index (χ0) is 34.4. The molecular weight excluding hydrogens is 631 g/mol. The minimum absolute atomic E-state index is 0.874. The van der Waals surface area contributed by atoms with Gasteiger partial charge in [-0.15, -0.1) is 0 Å². The Balaban J connectivity index is 1.13.